The third-order valence-corrected chi connectivity index (χ3v) is 4.75. The van der Waals surface area contributed by atoms with Crippen LogP contribution in [0.1, 0.15) is 26.3 Å². The van der Waals surface area contributed by atoms with Crippen LogP contribution in [0, 0.1) is 0 Å². The maximum absolute atomic E-state index is 12.1. The molecule has 0 fully saturated rings. The van der Waals surface area contributed by atoms with Crippen LogP contribution < -0.4 is 0 Å². The largest absolute Gasteiger partial charge is 0.356 e. The lowest BCUT2D eigenvalue weighted by Crippen LogP contribution is -2.19. The summed E-state index contributed by atoms with van der Waals surface area (Å²) in [5, 5.41) is 5.14. The van der Waals surface area contributed by atoms with Gasteiger partial charge in [0.25, 0.3) is 0 Å². The molecule has 0 saturated heterocycles. The van der Waals surface area contributed by atoms with Gasteiger partial charge in [-0.15, -0.1) is 0 Å². The number of rotatable bonds is 3. The van der Waals surface area contributed by atoms with Gasteiger partial charge >= 0.3 is 0 Å². The summed E-state index contributed by atoms with van der Waals surface area (Å²) in [5.41, 5.74) is 3.29. The normalized spacial score (nSPS) is 13.7. The highest BCUT2D eigenvalue weighted by molar-refractivity contribution is 7.85. The van der Waals surface area contributed by atoms with Crippen molar-refractivity contribution in [2.45, 2.75) is 25.5 Å². The SMILES string of the molecule is CC(C)(C)S(=O)N=Cc1ccccc1-c1noc2ccccc12. The Morgan fingerprint density at radius 3 is 2.57 bits per heavy atom. The molecule has 0 amide bonds. The molecule has 0 saturated carbocycles. The van der Waals surface area contributed by atoms with Crippen molar-refractivity contribution >= 4 is 28.2 Å². The molecule has 0 N–H and O–H groups in total. The van der Waals surface area contributed by atoms with Crippen LogP contribution in [-0.4, -0.2) is 20.3 Å². The summed E-state index contributed by atoms with van der Waals surface area (Å²) < 4.78 is 21.3. The van der Waals surface area contributed by atoms with Gasteiger partial charge in [-0.25, -0.2) is 4.21 Å². The molecule has 5 heteroatoms. The van der Waals surface area contributed by atoms with E-state index in [0.717, 1.165) is 27.8 Å². The minimum absolute atomic E-state index is 0.383. The number of fused-ring (bicyclic) bond motifs is 1. The lowest BCUT2D eigenvalue weighted by Gasteiger charge is -2.12. The number of para-hydroxylation sites is 1. The Kier molecular flexibility index (Phi) is 4.13. The van der Waals surface area contributed by atoms with Gasteiger partial charge in [-0.05, 0) is 32.9 Å². The van der Waals surface area contributed by atoms with E-state index in [1.54, 1.807) is 6.21 Å². The van der Waals surface area contributed by atoms with Crippen molar-refractivity contribution in [1.82, 2.24) is 5.16 Å². The van der Waals surface area contributed by atoms with Gasteiger partial charge in [-0.1, -0.05) is 41.6 Å². The highest BCUT2D eigenvalue weighted by atomic mass is 32.2. The van der Waals surface area contributed by atoms with Gasteiger partial charge in [0.2, 0.25) is 0 Å². The maximum atomic E-state index is 12.1. The van der Waals surface area contributed by atoms with E-state index < -0.39 is 11.0 Å². The van der Waals surface area contributed by atoms with E-state index >= 15 is 0 Å². The van der Waals surface area contributed by atoms with Crippen molar-refractivity contribution in [3.8, 4) is 11.3 Å². The van der Waals surface area contributed by atoms with Crippen LogP contribution in [0.3, 0.4) is 0 Å². The summed E-state index contributed by atoms with van der Waals surface area (Å²) >= 11 is 0. The lowest BCUT2D eigenvalue weighted by molar-refractivity contribution is 0.459. The fourth-order valence-corrected chi connectivity index (χ4v) is 2.69. The average molecular weight is 326 g/mol. The Morgan fingerprint density at radius 1 is 1.09 bits per heavy atom. The van der Waals surface area contributed by atoms with Crippen LogP contribution in [0.25, 0.3) is 22.2 Å². The molecule has 23 heavy (non-hydrogen) atoms. The highest BCUT2D eigenvalue weighted by Gasteiger charge is 2.18. The highest BCUT2D eigenvalue weighted by Crippen LogP contribution is 2.29. The van der Waals surface area contributed by atoms with Gasteiger partial charge in [-0.3, -0.25) is 0 Å². The zero-order valence-electron chi connectivity index (χ0n) is 13.3. The fraction of sp³-hybridized carbons (Fsp3) is 0.222. The third kappa shape index (κ3) is 3.24. The average Bonchev–Trinajstić information content (AvgIpc) is 2.96. The van der Waals surface area contributed by atoms with Crippen LogP contribution in [0.2, 0.25) is 0 Å². The van der Waals surface area contributed by atoms with Gasteiger partial charge in [0.1, 0.15) is 16.7 Å². The monoisotopic (exact) mass is 326 g/mol. The fourth-order valence-electron chi connectivity index (χ4n) is 2.17. The molecule has 2 aromatic carbocycles. The van der Waals surface area contributed by atoms with Crippen LogP contribution in [0.4, 0.5) is 0 Å². The Bertz CT molecular complexity index is 891. The third-order valence-electron chi connectivity index (χ3n) is 3.40. The molecule has 0 radical (unpaired) electrons. The Labute approximate surface area is 137 Å². The Morgan fingerprint density at radius 2 is 1.78 bits per heavy atom. The second-order valence-corrected chi connectivity index (χ2v) is 8.14. The molecule has 0 aliphatic heterocycles. The maximum Gasteiger partial charge on any atom is 0.167 e. The van der Waals surface area contributed by atoms with Crippen molar-refractivity contribution in [3.63, 3.8) is 0 Å². The molecular formula is C18H18N2O2S. The summed E-state index contributed by atoms with van der Waals surface area (Å²) in [4.78, 5) is 0. The molecule has 0 bridgehead atoms. The van der Waals surface area contributed by atoms with E-state index in [1.807, 2.05) is 69.3 Å². The first-order valence-corrected chi connectivity index (χ1v) is 8.47. The van der Waals surface area contributed by atoms with Gasteiger partial charge in [0.05, 0.1) is 4.75 Å². The molecule has 118 valence electrons. The van der Waals surface area contributed by atoms with Crippen molar-refractivity contribution in [2.75, 3.05) is 0 Å². The lowest BCUT2D eigenvalue weighted by atomic mass is 10.0. The summed E-state index contributed by atoms with van der Waals surface area (Å²) in [7, 11) is -1.29. The van der Waals surface area contributed by atoms with E-state index in [2.05, 4.69) is 9.55 Å². The Balaban J connectivity index is 2.05. The smallest absolute Gasteiger partial charge is 0.167 e. The van der Waals surface area contributed by atoms with Crippen LogP contribution >= 0.6 is 0 Å². The summed E-state index contributed by atoms with van der Waals surface area (Å²) in [5.74, 6) is 0. The molecule has 0 aliphatic rings. The predicted octanol–water partition coefficient (Wildman–Crippen LogP) is 4.38. The molecule has 1 atom stereocenters. The van der Waals surface area contributed by atoms with Gasteiger partial charge < -0.3 is 4.52 Å². The standard InChI is InChI=1S/C18H18N2O2S/c1-18(2,3)23(21)19-12-13-8-4-5-9-14(13)17-15-10-6-7-11-16(15)22-20-17/h4-12H,1-3H3. The zero-order chi connectivity index (χ0) is 16.4. The van der Waals surface area contributed by atoms with Crippen molar-refractivity contribution in [3.05, 3.63) is 54.1 Å². The van der Waals surface area contributed by atoms with E-state index in [0.29, 0.717) is 0 Å². The predicted molar refractivity (Wildman–Crippen MR) is 94.9 cm³/mol. The molecule has 1 heterocycles. The molecule has 4 nitrogen and oxygen atoms in total. The number of hydrogen-bond acceptors (Lipinski definition) is 3. The minimum atomic E-state index is -1.29. The van der Waals surface area contributed by atoms with Crippen LogP contribution in [0.5, 0.6) is 0 Å². The number of benzene rings is 2. The van der Waals surface area contributed by atoms with Crippen LogP contribution in [0.15, 0.2) is 57.5 Å². The van der Waals surface area contributed by atoms with E-state index in [9.17, 15) is 4.21 Å². The molecule has 3 aromatic rings. The minimum Gasteiger partial charge on any atom is -0.356 e. The molecular weight excluding hydrogens is 308 g/mol. The molecule has 0 aliphatic carbocycles. The summed E-state index contributed by atoms with van der Waals surface area (Å²) in [6.07, 6.45) is 1.65. The van der Waals surface area contributed by atoms with Gasteiger partial charge in [0, 0.05) is 22.7 Å². The van der Waals surface area contributed by atoms with Crippen molar-refractivity contribution in [2.24, 2.45) is 4.40 Å². The zero-order valence-corrected chi connectivity index (χ0v) is 14.1. The van der Waals surface area contributed by atoms with Crippen molar-refractivity contribution in [1.29, 1.82) is 0 Å². The molecule has 1 unspecified atom stereocenters. The first kappa shape index (κ1) is 15.6. The van der Waals surface area contributed by atoms with E-state index in [1.165, 1.54) is 0 Å². The first-order valence-electron chi connectivity index (χ1n) is 7.37. The van der Waals surface area contributed by atoms with E-state index in [4.69, 9.17) is 4.52 Å². The first-order chi connectivity index (χ1) is 11.0. The second kappa shape index (κ2) is 6.08. The molecule has 1 aromatic heterocycles. The Hall–Kier alpha value is -2.27. The van der Waals surface area contributed by atoms with Crippen LogP contribution in [-0.2, 0) is 11.0 Å². The summed E-state index contributed by atoms with van der Waals surface area (Å²) in [6.45, 7) is 5.70. The van der Waals surface area contributed by atoms with E-state index in [-0.39, 0.29) is 4.75 Å². The number of hydrogen-bond donors (Lipinski definition) is 0. The van der Waals surface area contributed by atoms with Gasteiger partial charge in [-0.2, -0.15) is 4.40 Å². The quantitative estimate of drug-likeness (QED) is 0.671. The number of aromatic nitrogens is 1. The molecule has 3 rings (SSSR count). The second-order valence-electron chi connectivity index (χ2n) is 6.21. The summed E-state index contributed by atoms with van der Waals surface area (Å²) in [6, 6.07) is 15.5. The molecule has 0 spiro atoms. The number of nitrogens with zero attached hydrogens (tertiary/aromatic N) is 2. The topological polar surface area (TPSA) is 55.5 Å². The van der Waals surface area contributed by atoms with Gasteiger partial charge in [0.15, 0.2) is 5.58 Å². The van der Waals surface area contributed by atoms with Crippen molar-refractivity contribution < 1.29 is 8.73 Å².